The Balaban J connectivity index is 2.77. The lowest BCUT2D eigenvalue weighted by atomic mass is 9.91. The second-order valence-corrected chi connectivity index (χ2v) is 6.02. The van der Waals surface area contributed by atoms with E-state index < -0.39 is 5.54 Å². The standard InChI is InChI=1S/C13H26N2O2S/c1-4-13(14,5-2)12(16)15(7-8-17-3)11-6-9-18-10-11/h11H,4-10,14H2,1-3H3. The molecule has 18 heavy (non-hydrogen) atoms. The number of hydrogen-bond donors (Lipinski definition) is 1. The number of thioether (sulfide) groups is 1. The van der Waals surface area contributed by atoms with Gasteiger partial charge in [0.25, 0.3) is 0 Å². The van der Waals surface area contributed by atoms with E-state index in [-0.39, 0.29) is 5.91 Å². The summed E-state index contributed by atoms with van der Waals surface area (Å²) < 4.78 is 5.12. The van der Waals surface area contributed by atoms with Gasteiger partial charge in [0.1, 0.15) is 0 Å². The van der Waals surface area contributed by atoms with Crippen LogP contribution in [0.15, 0.2) is 0 Å². The van der Waals surface area contributed by atoms with Crippen molar-refractivity contribution in [2.45, 2.75) is 44.7 Å². The SMILES string of the molecule is CCC(N)(CC)C(=O)N(CCOC)C1CCSC1. The van der Waals surface area contributed by atoms with Crippen molar-refractivity contribution in [3.8, 4) is 0 Å². The molecule has 1 amide bonds. The number of carbonyl (C=O) groups is 1. The highest BCUT2D eigenvalue weighted by Crippen LogP contribution is 2.25. The zero-order valence-electron chi connectivity index (χ0n) is 11.8. The van der Waals surface area contributed by atoms with Crippen LogP contribution in [0.4, 0.5) is 0 Å². The van der Waals surface area contributed by atoms with Gasteiger partial charge in [0.05, 0.1) is 12.1 Å². The number of ether oxygens (including phenoxy) is 1. The second-order valence-electron chi connectivity index (χ2n) is 4.87. The summed E-state index contributed by atoms with van der Waals surface area (Å²) in [6, 6.07) is 0.332. The molecule has 1 aliphatic rings. The van der Waals surface area contributed by atoms with Crippen LogP contribution in [0, 0.1) is 0 Å². The largest absolute Gasteiger partial charge is 0.383 e. The summed E-state index contributed by atoms with van der Waals surface area (Å²) in [5.41, 5.74) is 5.53. The van der Waals surface area contributed by atoms with E-state index in [2.05, 4.69) is 0 Å². The number of hydrogen-bond acceptors (Lipinski definition) is 4. The molecule has 0 bridgehead atoms. The first kappa shape index (κ1) is 15.8. The fourth-order valence-corrected chi connectivity index (χ4v) is 3.47. The summed E-state index contributed by atoms with van der Waals surface area (Å²) >= 11 is 1.91. The van der Waals surface area contributed by atoms with Crippen molar-refractivity contribution >= 4 is 17.7 Å². The molecule has 1 unspecified atom stereocenters. The number of amides is 1. The first-order valence-electron chi connectivity index (χ1n) is 6.75. The van der Waals surface area contributed by atoms with Gasteiger partial charge < -0.3 is 15.4 Å². The maximum atomic E-state index is 12.7. The molecule has 2 N–H and O–H groups in total. The number of nitrogens with two attached hydrogens (primary N) is 1. The maximum Gasteiger partial charge on any atom is 0.242 e. The third-order valence-corrected chi connectivity index (χ3v) is 4.98. The Hall–Kier alpha value is -0.260. The molecule has 0 aromatic heterocycles. The minimum Gasteiger partial charge on any atom is -0.383 e. The molecular weight excluding hydrogens is 248 g/mol. The van der Waals surface area contributed by atoms with Crippen molar-refractivity contribution in [1.82, 2.24) is 4.90 Å². The summed E-state index contributed by atoms with van der Waals surface area (Å²) in [5, 5.41) is 0. The zero-order chi connectivity index (χ0) is 13.6. The van der Waals surface area contributed by atoms with Crippen LogP contribution in [0.1, 0.15) is 33.1 Å². The smallest absolute Gasteiger partial charge is 0.242 e. The van der Waals surface area contributed by atoms with Gasteiger partial charge in [-0.3, -0.25) is 4.79 Å². The third-order valence-electron chi connectivity index (χ3n) is 3.83. The molecule has 1 heterocycles. The maximum absolute atomic E-state index is 12.7. The zero-order valence-corrected chi connectivity index (χ0v) is 12.6. The molecule has 1 saturated heterocycles. The molecule has 0 aromatic rings. The van der Waals surface area contributed by atoms with Crippen molar-refractivity contribution in [2.24, 2.45) is 5.73 Å². The molecule has 0 spiro atoms. The van der Waals surface area contributed by atoms with Crippen LogP contribution in [0.2, 0.25) is 0 Å². The van der Waals surface area contributed by atoms with Crippen molar-refractivity contribution in [1.29, 1.82) is 0 Å². The monoisotopic (exact) mass is 274 g/mol. The number of carbonyl (C=O) groups excluding carboxylic acids is 1. The van der Waals surface area contributed by atoms with Crippen molar-refractivity contribution in [3.63, 3.8) is 0 Å². The van der Waals surface area contributed by atoms with Crippen molar-refractivity contribution in [3.05, 3.63) is 0 Å². The van der Waals surface area contributed by atoms with Gasteiger partial charge in [0, 0.05) is 25.4 Å². The Morgan fingerprint density at radius 1 is 1.50 bits per heavy atom. The van der Waals surface area contributed by atoms with Gasteiger partial charge in [-0.15, -0.1) is 0 Å². The number of rotatable bonds is 7. The summed E-state index contributed by atoms with van der Waals surface area (Å²) in [4.78, 5) is 14.6. The first-order chi connectivity index (χ1) is 8.59. The first-order valence-corrected chi connectivity index (χ1v) is 7.91. The molecule has 106 valence electrons. The molecule has 1 rings (SSSR count). The second kappa shape index (κ2) is 7.36. The van der Waals surface area contributed by atoms with Gasteiger partial charge in [-0.05, 0) is 25.0 Å². The normalized spacial score (nSPS) is 20.1. The molecule has 4 nitrogen and oxygen atoms in total. The molecule has 1 fully saturated rings. The Morgan fingerprint density at radius 2 is 2.17 bits per heavy atom. The van der Waals surface area contributed by atoms with Crippen molar-refractivity contribution in [2.75, 3.05) is 31.8 Å². The van der Waals surface area contributed by atoms with Crippen LogP contribution in [0.5, 0.6) is 0 Å². The molecule has 0 aliphatic carbocycles. The lowest BCUT2D eigenvalue weighted by molar-refractivity contribution is -0.140. The molecule has 0 radical (unpaired) electrons. The minimum absolute atomic E-state index is 0.0945. The van der Waals surface area contributed by atoms with Crippen LogP contribution in [-0.4, -0.2) is 54.2 Å². The number of methoxy groups -OCH3 is 1. The van der Waals surface area contributed by atoms with Gasteiger partial charge in [0.15, 0.2) is 0 Å². The summed E-state index contributed by atoms with van der Waals surface area (Å²) in [7, 11) is 1.67. The van der Waals surface area contributed by atoms with Crippen molar-refractivity contribution < 1.29 is 9.53 Å². The van der Waals surface area contributed by atoms with Crippen LogP contribution < -0.4 is 5.73 Å². The molecule has 0 saturated carbocycles. The van der Waals surface area contributed by atoms with Gasteiger partial charge in [-0.2, -0.15) is 11.8 Å². The number of nitrogens with zero attached hydrogens (tertiary/aromatic N) is 1. The Kier molecular flexibility index (Phi) is 6.46. The Morgan fingerprint density at radius 3 is 2.61 bits per heavy atom. The quantitative estimate of drug-likeness (QED) is 0.764. The average Bonchev–Trinajstić information content (AvgIpc) is 2.92. The summed E-state index contributed by atoms with van der Waals surface area (Å²) in [6.45, 7) is 5.20. The predicted octanol–water partition coefficient (Wildman–Crippen LogP) is 1.48. The predicted molar refractivity (Wildman–Crippen MR) is 76.8 cm³/mol. The average molecular weight is 274 g/mol. The van der Waals surface area contributed by atoms with Gasteiger partial charge in [-0.25, -0.2) is 0 Å². The minimum atomic E-state index is -0.707. The lowest BCUT2D eigenvalue weighted by Gasteiger charge is -2.36. The third kappa shape index (κ3) is 3.62. The van der Waals surface area contributed by atoms with E-state index in [1.807, 2.05) is 30.5 Å². The molecular formula is C13H26N2O2S. The van der Waals surface area contributed by atoms with Crippen LogP contribution in [0.3, 0.4) is 0 Å². The van der Waals surface area contributed by atoms with E-state index in [1.165, 1.54) is 0 Å². The van der Waals surface area contributed by atoms with Gasteiger partial charge >= 0.3 is 0 Å². The lowest BCUT2D eigenvalue weighted by Crippen LogP contribution is -2.58. The van der Waals surface area contributed by atoms with Gasteiger partial charge in [0.2, 0.25) is 5.91 Å². The Labute approximate surface area is 115 Å². The fraction of sp³-hybridized carbons (Fsp3) is 0.923. The molecule has 1 aliphatic heterocycles. The van der Waals surface area contributed by atoms with E-state index in [4.69, 9.17) is 10.5 Å². The highest BCUT2D eigenvalue weighted by Gasteiger charge is 2.37. The van der Waals surface area contributed by atoms with Gasteiger partial charge in [-0.1, -0.05) is 13.8 Å². The van der Waals surface area contributed by atoms with E-state index in [1.54, 1.807) is 7.11 Å². The summed E-state index contributed by atoms with van der Waals surface area (Å²) in [5.74, 6) is 2.26. The fourth-order valence-electron chi connectivity index (χ4n) is 2.25. The highest BCUT2D eigenvalue weighted by molar-refractivity contribution is 7.99. The van der Waals surface area contributed by atoms with Crippen LogP contribution in [0.25, 0.3) is 0 Å². The van der Waals surface area contributed by atoms with E-state index in [9.17, 15) is 4.79 Å². The molecule has 1 atom stereocenters. The van der Waals surface area contributed by atoms with E-state index >= 15 is 0 Å². The molecule has 0 aromatic carbocycles. The van der Waals surface area contributed by atoms with Crippen LogP contribution >= 0.6 is 11.8 Å². The topological polar surface area (TPSA) is 55.6 Å². The summed E-state index contributed by atoms with van der Waals surface area (Å²) in [6.07, 6.45) is 2.45. The Bertz CT molecular complexity index is 264. The molecule has 5 heteroatoms. The van der Waals surface area contributed by atoms with E-state index in [0.29, 0.717) is 32.0 Å². The highest BCUT2D eigenvalue weighted by atomic mass is 32.2. The van der Waals surface area contributed by atoms with Crippen LogP contribution in [-0.2, 0) is 9.53 Å². The van der Waals surface area contributed by atoms with E-state index in [0.717, 1.165) is 17.9 Å².